The Morgan fingerprint density at radius 3 is 2.19 bits per heavy atom. The molecule has 0 amide bonds. The summed E-state index contributed by atoms with van der Waals surface area (Å²) in [4.78, 5) is 4.89. The molecule has 1 heterocycles. The van der Waals surface area contributed by atoms with Crippen LogP contribution < -0.4 is 9.47 Å². The standard InChI is InChI=1S/C21H21NO4S/c1-15-13-22-20(16(2)21(15)25-3)14-26-17-9-11-19(12-10-17)27(23,24)18-7-5-4-6-8-18/h4-13H,14H2,1-3H3. The van der Waals surface area contributed by atoms with E-state index in [9.17, 15) is 8.42 Å². The van der Waals surface area contributed by atoms with E-state index < -0.39 is 9.84 Å². The normalized spacial score (nSPS) is 11.2. The molecule has 1 aromatic heterocycles. The molecule has 0 aliphatic rings. The van der Waals surface area contributed by atoms with Gasteiger partial charge in [-0.2, -0.15) is 0 Å². The van der Waals surface area contributed by atoms with Gasteiger partial charge in [-0.25, -0.2) is 8.42 Å². The number of hydrogen-bond donors (Lipinski definition) is 0. The zero-order valence-electron chi connectivity index (χ0n) is 15.5. The molecule has 0 aliphatic heterocycles. The minimum Gasteiger partial charge on any atom is -0.496 e. The van der Waals surface area contributed by atoms with Crippen molar-refractivity contribution in [3.8, 4) is 11.5 Å². The molecule has 3 rings (SSSR count). The summed E-state index contributed by atoms with van der Waals surface area (Å²) in [6.45, 7) is 4.15. The minimum absolute atomic E-state index is 0.229. The number of methoxy groups -OCH3 is 1. The molecule has 0 bridgehead atoms. The van der Waals surface area contributed by atoms with E-state index in [0.717, 1.165) is 22.6 Å². The number of sulfone groups is 1. The predicted octanol–water partition coefficient (Wildman–Crippen LogP) is 4.12. The lowest BCUT2D eigenvalue weighted by Gasteiger charge is -2.13. The average Bonchev–Trinajstić information content (AvgIpc) is 2.69. The Labute approximate surface area is 159 Å². The van der Waals surface area contributed by atoms with E-state index >= 15 is 0 Å². The second-order valence-corrected chi connectivity index (χ2v) is 8.07. The number of benzene rings is 2. The van der Waals surface area contributed by atoms with Gasteiger partial charge in [-0.15, -0.1) is 0 Å². The largest absolute Gasteiger partial charge is 0.496 e. The van der Waals surface area contributed by atoms with Crippen molar-refractivity contribution in [3.63, 3.8) is 0 Å². The van der Waals surface area contributed by atoms with Crippen molar-refractivity contribution in [2.75, 3.05) is 7.11 Å². The quantitative estimate of drug-likeness (QED) is 0.641. The zero-order valence-corrected chi connectivity index (χ0v) is 16.3. The molecule has 0 saturated carbocycles. The highest BCUT2D eigenvalue weighted by Gasteiger charge is 2.17. The minimum atomic E-state index is -3.53. The van der Waals surface area contributed by atoms with Gasteiger partial charge in [-0.3, -0.25) is 4.98 Å². The maximum Gasteiger partial charge on any atom is 0.206 e. The molecule has 0 fully saturated rings. The number of rotatable bonds is 6. The molecule has 0 aliphatic carbocycles. The fourth-order valence-corrected chi connectivity index (χ4v) is 4.10. The molecule has 3 aromatic rings. The fourth-order valence-electron chi connectivity index (χ4n) is 2.82. The van der Waals surface area contributed by atoms with Gasteiger partial charge in [0.25, 0.3) is 0 Å². The lowest BCUT2D eigenvalue weighted by molar-refractivity contribution is 0.298. The van der Waals surface area contributed by atoms with Crippen LogP contribution in [0.4, 0.5) is 0 Å². The summed E-state index contributed by atoms with van der Waals surface area (Å²) in [6, 6.07) is 14.8. The van der Waals surface area contributed by atoms with Crippen molar-refractivity contribution >= 4 is 9.84 Å². The van der Waals surface area contributed by atoms with Crippen LogP contribution >= 0.6 is 0 Å². The van der Waals surface area contributed by atoms with Crippen LogP contribution in [-0.4, -0.2) is 20.5 Å². The van der Waals surface area contributed by atoms with Crippen LogP contribution in [0.5, 0.6) is 11.5 Å². The Kier molecular flexibility index (Phi) is 5.46. The van der Waals surface area contributed by atoms with Crippen LogP contribution in [0.25, 0.3) is 0 Å². The van der Waals surface area contributed by atoms with Gasteiger partial charge in [0.1, 0.15) is 18.1 Å². The summed E-state index contributed by atoms with van der Waals surface area (Å²) in [5.41, 5.74) is 2.67. The van der Waals surface area contributed by atoms with Crippen LogP contribution in [0.1, 0.15) is 16.8 Å². The first kappa shape index (κ1) is 18.9. The van der Waals surface area contributed by atoms with Crippen LogP contribution in [0, 0.1) is 13.8 Å². The third-order valence-electron chi connectivity index (χ3n) is 4.31. The number of ether oxygens (including phenoxy) is 2. The molecular formula is C21H21NO4S. The highest BCUT2D eigenvalue weighted by atomic mass is 32.2. The first-order chi connectivity index (χ1) is 12.9. The molecule has 0 N–H and O–H groups in total. The zero-order chi connectivity index (χ0) is 19.4. The van der Waals surface area contributed by atoms with Crippen molar-refractivity contribution in [2.24, 2.45) is 0 Å². The molecule has 140 valence electrons. The number of aryl methyl sites for hydroxylation is 1. The van der Waals surface area contributed by atoms with E-state index in [2.05, 4.69) is 4.98 Å². The molecule has 27 heavy (non-hydrogen) atoms. The molecule has 0 unspecified atom stereocenters. The van der Waals surface area contributed by atoms with E-state index in [-0.39, 0.29) is 16.4 Å². The van der Waals surface area contributed by atoms with Crippen molar-refractivity contribution in [3.05, 3.63) is 77.6 Å². The van der Waals surface area contributed by atoms with E-state index in [1.54, 1.807) is 67.9 Å². The van der Waals surface area contributed by atoms with Gasteiger partial charge >= 0.3 is 0 Å². The molecule has 5 nitrogen and oxygen atoms in total. The Balaban J connectivity index is 1.76. The Hall–Kier alpha value is -2.86. The third kappa shape index (κ3) is 3.95. The van der Waals surface area contributed by atoms with Crippen LogP contribution in [0.15, 0.2) is 70.6 Å². The molecule has 0 spiro atoms. The van der Waals surface area contributed by atoms with Gasteiger partial charge in [0, 0.05) is 17.3 Å². The van der Waals surface area contributed by atoms with Gasteiger partial charge in [0.2, 0.25) is 9.84 Å². The number of pyridine rings is 1. The second-order valence-electron chi connectivity index (χ2n) is 6.12. The van der Waals surface area contributed by atoms with E-state index in [4.69, 9.17) is 9.47 Å². The molecule has 2 aromatic carbocycles. The van der Waals surface area contributed by atoms with Gasteiger partial charge in [-0.05, 0) is 50.2 Å². The number of aromatic nitrogens is 1. The van der Waals surface area contributed by atoms with Crippen molar-refractivity contribution in [1.82, 2.24) is 4.98 Å². The van der Waals surface area contributed by atoms with E-state index in [0.29, 0.717) is 5.75 Å². The maximum atomic E-state index is 12.6. The van der Waals surface area contributed by atoms with Crippen LogP contribution in [0.3, 0.4) is 0 Å². The molecular weight excluding hydrogens is 362 g/mol. The highest BCUT2D eigenvalue weighted by molar-refractivity contribution is 7.91. The average molecular weight is 383 g/mol. The van der Waals surface area contributed by atoms with Gasteiger partial charge in [-0.1, -0.05) is 18.2 Å². The lowest BCUT2D eigenvalue weighted by Crippen LogP contribution is -2.05. The first-order valence-electron chi connectivity index (χ1n) is 8.45. The van der Waals surface area contributed by atoms with E-state index in [1.165, 1.54) is 0 Å². The van der Waals surface area contributed by atoms with Crippen molar-refractivity contribution in [2.45, 2.75) is 30.2 Å². The molecule has 6 heteroatoms. The third-order valence-corrected chi connectivity index (χ3v) is 6.10. The summed E-state index contributed by atoms with van der Waals surface area (Å²) in [5, 5.41) is 0. The Morgan fingerprint density at radius 2 is 1.56 bits per heavy atom. The Bertz CT molecular complexity index is 1030. The highest BCUT2D eigenvalue weighted by Crippen LogP contribution is 2.26. The van der Waals surface area contributed by atoms with Gasteiger partial charge in [0.05, 0.1) is 22.6 Å². The van der Waals surface area contributed by atoms with E-state index in [1.807, 2.05) is 13.8 Å². The lowest BCUT2D eigenvalue weighted by atomic mass is 10.1. The predicted molar refractivity (Wildman–Crippen MR) is 103 cm³/mol. The van der Waals surface area contributed by atoms with Crippen molar-refractivity contribution < 1.29 is 17.9 Å². The summed E-state index contributed by atoms with van der Waals surface area (Å²) in [6.07, 6.45) is 1.75. The summed E-state index contributed by atoms with van der Waals surface area (Å²) >= 11 is 0. The van der Waals surface area contributed by atoms with Crippen LogP contribution in [0.2, 0.25) is 0 Å². The first-order valence-corrected chi connectivity index (χ1v) is 9.94. The summed E-state index contributed by atoms with van der Waals surface area (Å²) in [5.74, 6) is 1.37. The monoisotopic (exact) mass is 383 g/mol. The summed E-state index contributed by atoms with van der Waals surface area (Å²) < 4.78 is 36.4. The summed E-state index contributed by atoms with van der Waals surface area (Å²) in [7, 11) is -1.90. The number of hydrogen-bond acceptors (Lipinski definition) is 5. The van der Waals surface area contributed by atoms with Crippen molar-refractivity contribution in [1.29, 1.82) is 0 Å². The smallest absolute Gasteiger partial charge is 0.206 e. The molecule has 0 atom stereocenters. The van der Waals surface area contributed by atoms with Gasteiger partial charge < -0.3 is 9.47 Å². The number of nitrogens with zero attached hydrogens (tertiary/aromatic N) is 1. The maximum absolute atomic E-state index is 12.6. The molecule has 0 saturated heterocycles. The topological polar surface area (TPSA) is 65.5 Å². The van der Waals surface area contributed by atoms with Crippen LogP contribution in [-0.2, 0) is 16.4 Å². The second kappa shape index (κ2) is 7.80. The Morgan fingerprint density at radius 1 is 0.926 bits per heavy atom. The fraction of sp³-hybridized carbons (Fsp3) is 0.190. The SMILES string of the molecule is COc1c(C)cnc(COc2ccc(S(=O)(=O)c3ccccc3)cc2)c1C. The van der Waals surface area contributed by atoms with Gasteiger partial charge in [0.15, 0.2) is 0 Å². The molecule has 0 radical (unpaired) electrons.